The molecule has 1 aromatic heterocycles. The number of H-pyrrole nitrogens is 1. The fraction of sp³-hybridized carbons (Fsp3) is 0.263. The predicted molar refractivity (Wildman–Crippen MR) is 98.2 cm³/mol. The van der Waals surface area contributed by atoms with Crippen LogP contribution in [-0.2, 0) is 11.3 Å². The Hall–Kier alpha value is -3.06. The quantitative estimate of drug-likeness (QED) is 0.605. The normalized spacial score (nSPS) is 12.3. The van der Waals surface area contributed by atoms with Crippen molar-refractivity contribution in [1.29, 1.82) is 0 Å². The van der Waals surface area contributed by atoms with E-state index in [0.717, 1.165) is 22.3 Å². The van der Waals surface area contributed by atoms with Crippen LogP contribution in [0.2, 0.25) is 0 Å². The number of rotatable bonds is 7. The molecule has 0 spiro atoms. The lowest BCUT2D eigenvalue weighted by atomic mass is 9.98. The molecule has 3 aromatic rings. The number of benzene rings is 2. The largest absolute Gasteiger partial charge is 0.480 e. The van der Waals surface area contributed by atoms with E-state index in [-0.39, 0.29) is 5.92 Å². The summed E-state index contributed by atoms with van der Waals surface area (Å²) in [5, 5.41) is 26.6. The summed E-state index contributed by atoms with van der Waals surface area (Å²) in [7, 11) is 0. The Bertz CT molecular complexity index is 860. The third kappa shape index (κ3) is 3.94. The Labute approximate surface area is 151 Å². The van der Waals surface area contributed by atoms with Crippen molar-refractivity contribution in [2.24, 2.45) is 5.92 Å². The van der Waals surface area contributed by atoms with Crippen LogP contribution >= 0.6 is 0 Å². The van der Waals surface area contributed by atoms with E-state index in [1.165, 1.54) is 0 Å². The van der Waals surface area contributed by atoms with Crippen molar-refractivity contribution in [3.63, 3.8) is 0 Å². The maximum absolute atomic E-state index is 11.3. The second kappa shape index (κ2) is 7.88. The number of carboxylic acid groups (broad SMARTS) is 1. The zero-order valence-corrected chi connectivity index (χ0v) is 14.7. The molecule has 0 amide bonds. The van der Waals surface area contributed by atoms with Crippen LogP contribution in [-0.4, -0.2) is 37.7 Å². The molecule has 7 nitrogen and oxygen atoms in total. The minimum absolute atomic E-state index is 0.0219. The maximum atomic E-state index is 11.3. The zero-order chi connectivity index (χ0) is 18.5. The van der Waals surface area contributed by atoms with Gasteiger partial charge in [0.15, 0.2) is 0 Å². The molecule has 0 fully saturated rings. The van der Waals surface area contributed by atoms with Gasteiger partial charge in [-0.05, 0) is 27.8 Å². The average molecular weight is 351 g/mol. The van der Waals surface area contributed by atoms with Gasteiger partial charge in [0.25, 0.3) is 0 Å². The molecular formula is C19H21N5O2. The Kier molecular flexibility index (Phi) is 5.38. The zero-order valence-electron chi connectivity index (χ0n) is 14.7. The van der Waals surface area contributed by atoms with Gasteiger partial charge in [-0.15, -0.1) is 10.2 Å². The van der Waals surface area contributed by atoms with Crippen molar-refractivity contribution in [3.05, 3.63) is 54.1 Å². The minimum atomic E-state index is -0.828. The molecule has 26 heavy (non-hydrogen) atoms. The van der Waals surface area contributed by atoms with E-state index in [9.17, 15) is 9.90 Å². The smallest absolute Gasteiger partial charge is 0.320 e. The van der Waals surface area contributed by atoms with Gasteiger partial charge in [0.05, 0.1) is 0 Å². The first-order chi connectivity index (χ1) is 12.6. The van der Waals surface area contributed by atoms with Gasteiger partial charge >= 0.3 is 5.97 Å². The van der Waals surface area contributed by atoms with Crippen molar-refractivity contribution < 1.29 is 9.90 Å². The van der Waals surface area contributed by atoms with Crippen LogP contribution in [0, 0.1) is 5.92 Å². The molecule has 3 N–H and O–H groups in total. The van der Waals surface area contributed by atoms with E-state index in [4.69, 9.17) is 0 Å². The molecule has 0 aliphatic carbocycles. The molecule has 3 rings (SSSR count). The minimum Gasteiger partial charge on any atom is -0.480 e. The van der Waals surface area contributed by atoms with Crippen molar-refractivity contribution >= 4 is 5.97 Å². The van der Waals surface area contributed by atoms with Crippen LogP contribution in [0.5, 0.6) is 0 Å². The average Bonchev–Trinajstić information content (AvgIpc) is 3.16. The van der Waals surface area contributed by atoms with E-state index in [1.54, 1.807) is 0 Å². The van der Waals surface area contributed by atoms with Gasteiger partial charge in [0, 0.05) is 12.1 Å². The van der Waals surface area contributed by atoms with Crippen molar-refractivity contribution in [2.45, 2.75) is 26.4 Å². The highest BCUT2D eigenvalue weighted by molar-refractivity contribution is 5.80. The summed E-state index contributed by atoms with van der Waals surface area (Å²) in [6, 6.07) is 15.3. The third-order valence-electron chi connectivity index (χ3n) is 4.24. The summed E-state index contributed by atoms with van der Waals surface area (Å²) in [5.41, 5.74) is 3.97. The summed E-state index contributed by atoms with van der Waals surface area (Å²) < 4.78 is 0. The molecule has 0 saturated carbocycles. The summed E-state index contributed by atoms with van der Waals surface area (Å²) in [6.07, 6.45) is 0. The lowest BCUT2D eigenvalue weighted by Gasteiger charge is -2.18. The first-order valence-electron chi connectivity index (χ1n) is 8.44. The number of nitrogens with zero attached hydrogens (tertiary/aromatic N) is 3. The van der Waals surface area contributed by atoms with Crippen LogP contribution in [0.25, 0.3) is 22.5 Å². The molecule has 0 bridgehead atoms. The summed E-state index contributed by atoms with van der Waals surface area (Å²) in [6.45, 7) is 4.29. The number of aliphatic carboxylic acids is 1. The number of aromatic nitrogens is 4. The molecular weight excluding hydrogens is 330 g/mol. The molecule has 7 heteroatoms. The van der Waals surface area contributed by atoms with Crippen LogP contribution < -0.4 is 5.32 Å². The number of nitrogens with one attached hydrogen (secondary N) is 2. The number of hydrogen-bond acceptors (Lipinski definition) is 5. The molecule has 0 aliphatic heterocycles. The lowest BCUT2D eigenvalue weighted by Crippen LogP contribution is -2.40. The fourth-order valence-corrected chi connectivity index (χ4v) is 2.84. The molecule has 0 saturated heterocycles. The number of aromatic amines is 1. The third-order valence-corrected chi connectivity index (χ3v) is 4.24. The second-order valence-electron chi connectivity index (χ2n) is 6.42. The molecule has 0 radical (unpaired) electrons. The predicted octanol–water partition coefficient (Wildman–Crippen LogP) is 2.73. The SMILES string of the molecule is CC(C)C(NCc1ccc(-c2ccccc2-c2nn[nH]n2)cc1)C(=O)O. The Morgan fingerprint density at radius 3 is 2.38 bits per heavy atom. The molecule has 1 unspecified atom stereocenters. The monoisotopic (exact) mass is 351 g/mol. The maximum Gasteiger partial charge on any atom is 0.320 e. The van der Waals surface area contributed by atoms with Gasteiger partial charge in [0.1, 0.15) is 6.04 Å². The van der Waals surface area contributed by atoms with Gasteiger partial charge in [-0.3, -0.25) is 4.79 Å². The van der Waals surface area contributed by atoms with Gasteiger partial charge in [-0.1, -0.05) is 62.4 Å². The summed E-state index contributed by atoms with van der Waals surface area (Å²) in [5.74, 6) is -0.258. The molecule has 0 aliphatic rings. The molecule has 134 valence electrons. The van der Waals surface area contributed by atoms with Gasteiger partial charge in [-0.2, -0.15) is 5.21 Å². The van der Waals surface area contributed by atoms with E-state index in [0.29, 0.717) is 12.4 Å². The Balaban J connectivity index is 1.78. The summed E-state index contributed by atoms with van der Waals surface area (Å²) in [4.78, 5) is 11.3. The highest BCUT2D eigenvalue weighted by atomic mass is 16.4. The van der Waals surface area contributed by atoms with Crippen molar-refractivity contribution in [2.75, 3.05) is 0 Å². The fourth-order valence-electron chi connectivity index (χ4n) is 2.84. The van der Waals surface area contributed by atoms with E-state index in [1.807, 2.05) is 62.4 Å². The van der Waals surface area contributed by atoms with E-state index >= 15 is 0 Å². The van der Waals surface area contributed by atoms with Crippen molar-refractivity contribution in [1.82, 2.24) is 25.9 Å². The first-order valence-corrected chi connectivity index (χ1v) is 8.44. The van der Waals surface area contributed by atoms with Crippen LogP contribution in [0.3, 0.4) is 0 Å². The molecule has 1 heterocycles. The second-order valence-corrected chi connectivity index (χ2v) is 6.42. The van der Waals surface area contributed by atoms with Crippen LogP contribution in [0.15, 0.2) is 48.5 Å². The van der Waals surface area contributed by atoms with Crippen LogP contribution in [0.4, 0.5) is 0 Å². The topological polar surface area (TPSA) is 104 Å². The molecule has 1 atom stereocenters. The standard InChI is InChI=1S/C19H21N5O2/c1-12(2)17(19(25)26)20-11-13-7-9-14(10-8-13)15-5-3-4-6-16(15)18-21-23-24-22-18/h3-10,12,17,20H,11H2,1-2H3,(H,25,26)(H,21,22,23,24). The number of carbonyl (C=O) groups is 1. The van der Waals surface area contributed by atoms with Gasteiger partial charge < -0.3 is 10.4 Å². The van der Waals surface area contributed by atoms with Crippen LogP contribution in [0.1, 0.15) is 19.4 Å². The number of tetrazole rings is 1. The van der Waals surface area contributed by atoms with E-state index < -0.39 is 12.0 Å². The van der Waals surface area contributed by atoms with Gasteiger partial charge in [0.2, 0.25) is 5.82 Å². The summed E-state index contributed by atoms with van der Waals surface area (Å²) >= 11 is 0. The highest BCUT2D eigenvalue weighted by Crippen LogP contribution is 2.29. The first kappa shape index (κ1) is 17.8. The van der Waals surface area contributed by atoms with E-state index in [2.05, 4.69) is 25.9 Å². The Morgan fingerprint density at radius 1 is 1.12 bits per heavy atom. The number of hydrogen-bond donors (Lipinski definition) is 3. The van der Waals surface area contributed by atoms with Gasteiger partial charge in [-0.25, -0.2) is 0 Å². The molecule has 2 aromatic carbocycles. The number of carboxylic acids is 1. The Morgan fingerprint density at radius 2 is 1.81 bits per heavy atom. The highest BCUT2D eigenvalue weighted by Gasteiger charge is 2.20. The van der Waals surface area contributed by atoms with Crippen molar-refractivity contribution in [3.8, 4) is 22.5 Å². The lowest BCUT2D eigenvalue weighted by molar-refractivity contribution is -0.140.